The predicted octanol–water partition coefficient (Wildman–Crippen LogP) is 2.72. The smallest absolute Gasteiger partial charge is 0.341 e. The van der Waals surface area contributed by atoms with E-state index in [2.05, 4.69) is 29.1 Å². The van der Waals surface area contributed by atoms with Crippen LogP contribution < -0.4 is 5.69 Å². The number of piperidine rings is 1. The summed E-state index contributed by atoms with van der Waals surface area (Å²) in [5.74, 6) is 1.51. The third-order valence-electron chi connectivity index (χ3n) is 5.80. The summed E-state index contributed by atoms with van der Waals surface area (Å²) in [7, 11) is 0. The molecule has 0 radical (unpaired) electrons. The molecule has 2 atom stereocenters. The zero-order chi connectivity index (χ0) is 22.2. The molecule has 1 fully saturated rings. The van der Waals surface area contributed by atoms with E-state index in [0.717, 1.165) is 12.0 Å². The number of benzene rings is 1. The van der Waals surface area contributed by atoms with Gasteiger partial charge in [0.25, 0.3) is 5.89 Å². The molecule has 1 saturated heterocycles. The van der Waals surface area contributed by atoms with Gasteiger partial charge in [-0.05, 0) is 30.4 Å². The molecule has 0 spiro atoms. The Morgan fingerprint density at radius 3 is 2.59 bits per heavy atom. The van der Waals surface area contributed by atoms with Gasteiger partial charge in [-0.25, -0.2) is 13.9 Å². The van der Waals surface area contributed by atoms with E-state index in [9.17, 15) is 9.59 Å². The zero-order valence-electron chi connectivity index (χ0n) is 18.0. The minimum Gasteiger partial charge on any atom is -0.341 e. The van der Waals surface area contributed by atoms with Crippen molar-refractivity contribution in [3.8, 4) is 22.8 Å². The third kappa shape index (κ3) is 3.70. The van der Waals surface area contributed by atoms with Gasteiger partial charge in [-0.15, -0.1) is 5.10 Å². The maximum absolute atomic E-state index is 12.9. The molecule has 32 heavy (non-hydrogen) atoms. The molecule has 9 nitrogen and oxygen atoms in total. The minimum absolute atomic E-state index is 0.0976. The normalized spacial score (nSPS) is 18.9. The SMILES string of the molecule is CC1CC(C)CN(C(=O)Cn2nc3c(-c4nc(-c5ccccc5)no4)cccn3c2=O)C1. The quantitative estimate of drug-likeness (QED) is 0.492. The van der Waals surface area contributed by atoms with Crippen molar-refractivity contribution < 1.29 is 9.32 Å². The van der Waals surface area contributed by atoms with Gasteiger partial charge < -0.3 is 9.42 Å². The van der Waals surface area contributed by atoms with Gasteiger partial charge in [0.2, 0.25) is 11.7 Å². The van der Waals surface area contributed by atoms with E-state index < -0.39 is 0 Å². The highest BCUT2D eigenvalue weighted by Gasteiger charge is 2.26. The Hall–Kier alpha value is -3.75. The van der Waals surface area contributed by atoms with Gasteiger partial charge in [-0.3, -0.25) is 4.79 Å². The summed E-state index contributed by atoms with van der Waals surface area (Å²) in [5.41, 5.74) is 1.35. The molecule has 1 amide bonds. The molecule has 5 rings (SSSR count). The molecule has 2 unspecified atom stereocenters. The molecule has 1 aliphatic rings. The van der Waals surface area contributed by atoms with Gasteiger partial charge in [0, 0.05) is 24.8 Å². The van der Waals surface area contributed by atoms with Crippen LogP contribution in [0.15, 0.2) is 58.0 Å². The van der Waals surface area contributed by atoms with E-state index in [1.807, 2.05) is 35.2 Å². The van der Waals surface area contributed by atoms with Crippen molar-refractivity contribution in [3.63, 3.8) is 0 Å². The Morgan fingerprint density at radius 1 is 1.09 bits per heavy atom. The molecule has 0 N–H and O–H groups in total. The van der Waals surface area contributed by atoms with Crippen LogP contribution in [0.4, 0.5) is 0 Å². The number of fused-ring (bicyclic) bond motifs is 1. The highest BCUT2D eigenvalue weighted by Crippen LogP contribution is 2.25. The molecule has 164 valence electrons. The number of carbonyl (C=O) groups is 1. The monoisotopic (exact) mass is 432 g/mol. The van der Waals surface area contributed by atoms with Crippen LogP contribution in [0.1, 0.15) is 20.3 Å². The van der Waals surface area contributed by atoms with E-state index in [4.69, 9.17) is 4.52 Å². The summed E-state index contributed by atoms with van der Waals surface area (Å²) in [6, 6.07) is 13.0. The van der Waals surface area contributed by atoms with Crippen molar-refractivity contribution in [3.05, 3.63) is 59.1 Å². The van der Waals surface area contributed by atoms with Crippen LogP contribution in [0.2, 0.25) is 0 Å². The Morgan fingerprint density at radius 2 is 1.84 bits per heavy atom. The second-order valence-corrected chi connectivity index (χ2v) is 8.59. The van der Waals surface area contributed by atoms with Crippen LogP contribution in [0.5, 0.6) is 0 Å². The lowest BCUT2D eigenvalue weighted by Gasteiger charge is -2.34. The fourth-order valence-corrected chi connectivity index (χ4v) is 4.44. The summed E-state index contributed by atoms with van der Waals surface area (Å²) in [6.07, 6.45) is 2.73. The standard InChI is InChI=1S/C23H24N6O3/c1-15-11-16(2)13-27(12-15)19(30)14-29-23(31)28-10-6-9-18(21(28)25-29)22-24-20(26-32-22)17-7-4-3-5-8-17/h3-10,15-16H,11-14H2,1-2H3. The number of rotatable bonds is 4. The summed E-state index contributed by atoms with van der Waals surface area (Å²) >= 11 is 0. The zero-order valence-corrected chi connectivity index (χ0v) is 18.0. The number of nitrogens with zero attached hydrogens (tertiary/aromatic N) is 6. The topological polar surface area (TPSA) is 98.5 Å². The van der Waals surface area contributed by atoms with Crippen molar-refractivity contribution in [1.82, 2.24) is 29.2 Å². The molecular weight excluding hydrogens is 408 g/mol. The van der Waals surface area contributed by atoms with Crippen LogP contribution in [-0.4, -0.2) is 48.2 Å². The maximum atomic E-state index is 12.9. The number of likely N-dealkylation sites (tertiary alicyclic amines) is 1. The largest absolute Gasteiger partial charge is 0.350 e. The van der Waals surface area contributed by atoms with Crippen molar-refractivity contribution in [2.45, 2.75) is 26.8 Å². The third-order valence-corrected chi connectivity index (χ3v) is 5.80. The molecule has 4 aromatic rings. The molecule has 3 aromatic heterocycles. The Balaban J connectivity index is 1.46. The lowest BCUT2D eigenvalue weighted by Crippen LogP contribution is -2.45. The molecule has 0 aliphatic carbocycles. The van der Waals surface area contributed by atoms with E-state index in [1.54, 1.807) is 18.3 Å². The second-order valence-electron chi connectivity index (χ2n) is 8.59. The molecule has 9 heteroatoms. The van der Waals surface area contributed by atoms with Gasteiger partial charge >= 0.3 is 5.69 Å². The maximum Gasteiger partial charge on any atom is 0.350 e. The van der Waals surface area contributed by atoms with Crippen LogP contribution in [0.25, 0.3) is 28.5 Å². The fraction of sp³-hybridized carbons (Fsp3) is 0.348. The Bertz CT molecular complexity index is 1310. The summed E-state index contributed by atoms with van der Waals surface area (Å²) in [6.45, 7) is 5.61. The Labute approximate surface area is 184 Å². The first-order valence-electron chi connectivity index (χ1n) is 10.7. The van der Waals surface area contributed by atoms with Gasteiger partial charge in [0.15, 0.2) is 5.65 Å². The van der Waals surface area contributed by atoms with Crippen molar-refractivity contribution >= 4 is 11.6 Å². The molecular formula is C23H24N6O3. The number of hydrogen-bond acceptors (Lipinski definition) is 6. The first-order valence-corrected chi connectivity index (χ1v) is 10.7. The molecule has 0 bridgehead atoms. The van der Waals surface area contributed by atoms with Crippen LogP contribution in [-0.2, 0) is 11.3 Å². The number of hydrogen-bond donors (Lipinski definition) is 0. The fourth-order valence-electron chi connectivity index (χ4n) is 4.44. The predicted molar refractivity (Wildman–Crippen MR) is 118 cm³/mol. The Kier molecular flexibility index (Phi) is 5.08. The minimum atomic E-state index is -0.379. The highest BCUT2D eigenvalue weighted by molar-refractivity contribution is 5.76. The number of carbonyl (C=O) groups excluding carboxylic acids is 1. The van der Waals surface area contributed by atoms with E-state index in [-0.39, 0.29) is 24.0 Å². The van der Waals surface area contributed by atoms with E-state index in [1.165, 1.54) is 9.08 Å². The van der Waals surface area contributed by atoms with Crippen molar-refractivity contribution in [1.29, 1.82) is 0 Å². The molecule has 1 aliphatic heterocycles. The van der Waals surface area contributed by atoms with Crippen LogP contribution in [0, 0.1) is 11.8 Å². The number of amides is 1. The van der Waals surface area contributed by atoms with E-state index >= 15 is 0 Å². The average molecular weight is 432 g/mol. The number of aromatic nitrogens is 5. The molecule has 4 heterocycles. The second kappa shape index (κ2) is 8.07. The molecule has 1 aromatic carbocycles. The molecule has 0 saturated carbocycles. The van der Waals surface area contributed by atoms with Crippen molar-refractivity contribution in [2.24, 2.45) is 11.8 Å². The first kappa shape index (κ1) is 20.2. The lowest BCUT2D eigenvalue weighted by atomic mass is 9.92. The van der Waals surface area contributed by atoms with Crippen molar-refractivity contribution in [2.75, 3.05) is 13.1 Å². The number of pyridine rings is 1. The summed E-state index contributed by atoms with van der Waals surface area (Å²) < 4.78 is 8.07. The van der Waals surface area contributed by atoms with Crippen LogP contribution in [0.3, 0.4) is 0 Å². The highest BCUT2D eigenvalue weighted by atomic mass is 16.5. The first-order chi connectivity index (χ1) is 15.5. The summed E-state index contributed by atoms with van der Waals surface area (Å²) in [5, 5.41) is 8.49. The summed E-state index contributed by atoms with van der Waals surface area (Å²) in [4.78, 5) is 32.1. The van der Waals surface area contributed by atoms with Gasteiger partial charge in [-0.2, -0.15) is 4.98 Å². The van der Waals surface area contributed by atoms with Crippen LogP contribution >= 0.6 is 0 Å². The van der Waals surface area contributed by atoms with Gasteiger partial charge in [-0.1, -0.05) is 49.3 Å². The van der Waals surface area contributed by atoms with Gasteiger partial charge in [0.05, 0.1) is 5.56 Å². The van der Waals surface area contributed by atoms with E-state index in [0.29, 0.717) is 42.0 Å². The lowest BCUT2D eigenvalue weighted by molar-refractivity contribution is -0.134. The van der Waals surface area contributed by atoms with Gasteiger partial charge in [0.1, 0.15) is 6.54 Å². The average Bonchev–Trinajstić information content (AvgIpc) is 3.39.